The Kier molecular flexibility index (Phi) is 15.9. The van der Waals surface area contributed by atoms with Gasteiger partial charge in [-0.05, 0) is 66.1 Å². The van der Waals surface area contributed by atoms with Gasteiger partial charge >= 0.3 is 5.97 Å². The van der Waals surface area contributed by atoms with E-state index in [9.17, 15) is 43.5 Å². The van der Waals surface area contributed by atoms with Crippen molar-refractivity contribution in [1.29, 1.82) is 0 Å². The average molecular weight is 825 g/mol. The molecule has 0 saturated heterocycles. The number of carboxylic acid groups (broad SMARTS) is 1. The number of hydrogen-bond donors (Lipinski definition) is 7. The zero-order valence-corrected chi connectivity index (χ0v) is 33.7. The van der Waals surface area contributed by atoms with Crippen molar-refractivity contribution in [2.45, 2.75) is 102 Å². The number of ether oxygens (including phenoxy) is 1. The molecule has 16 heteroatoms. The minimum absolute atomic E-state index is 0.0349. The van der Waals surface area contributed by atoms with Crippen LogP contribution in [0, 0.1) is 5.92 Å². The van der Waals surface area contributed by atoms with Crippen molar-refractivity contribution in [1.82, 2.24) is 31.9 Å². The van der Waals surface area contributed by atoms with E-state index in [1.807, 2.05) is 0 Å². The zero-order valence-electron chi connectivity index (χ0n) is 33.7. The van der Waals surface area contributed by atoms with Crippen LogP contribution in [-0.4, -0.2) is 83.0 Å². The second kappa shape index (κ2) is 21.4. The van der Waals surface area contributed by atoms with E-state index in [1.54, 1.807) is 73.7 Å². The second-order valence-electron chi connectivity index (χ2n) is 15.1. The van der Waals surface area contributed by atoms with Gasteiger partial charge in [-0.2, -0.15) is 0 Å². The SMILES string of the molecule is CCC[C@H](NC(=O)[C@@H]1Cc2cccc(c2)Oc2ccc(cc2)C[C@H](NC(C)=O)C(=O)N[C@@H](C2CCCCC2)C(=O)N1)C(=O)C(=O)NCC(=O)N[C@H](C(=O)O)c1ccccc1. The molecule has 0 aromatic heterocycles. The highest BCUT2D eigenvalue weighted by Crippen LogP contribution is 2.28. The van der Waals surface area contributed by atoms with Crippen molar-refractivity contribution in [3.8, 4) is 11.5 Å². The van der Waals surface area contributed by atoms with Crippen LogP contribution in [0.4, 0.5) is 0 Å². The number of benzene rings is 3. The molecule has 6 amide bonds. The van der Waals surface area contributed by atoms with Crippen LogP contribution < -0.4 is 36.6 Å². The first-order chi connectivity index (χ1) is 28.8. The molecule has 1 aliphatic carbocycles. The Labute approximate surface area is 348 Å². The molecule has 16 nitrogen and oxygen atoms in total. The number of aliphatic carboxylic acids is 1. The van der Waals surface area contributed by atoms with E-state index < -0.39 is 83.9 Å². The Morgan fingerprint density at radius 3 is 2.18 bits per heavy atom. The van der Waals surface area contributed by atoms with E-state index in [-0.39, 0.29) is 25.2 Å². The highest BCUT2D eigenvalue weighted by Gasteiger charge is 2.37. The van der Waals surface area contributed by atoms with E-state index in [0.29, 0.717) is 41.9 Å². The number of rotatable bonds is 13. The molecule has 3 aliphatic rings. The molecular weight excluding hydrogens is 773 g/mol. The standard InChI is InChI=1S/C44H52N6O10/c1-3-11-33(39(53)43(57)45-25-36(52)49-38(44(58)59)30-15-8-5-9-16-30)47-40(54)35-24-28-12-10-17-32(22-28)60-31-20-18-27(19-21-31)23-34(46-26(2)51)41(55)50-37(42(56)48-35)29-13-6-4-7-14-29/h5,8-10,12,15-22,29,33-35,37-38H,3-4,6-7,11,13-14,23-25H2,1-2H3,(H,45,57)(H,46,51)(H,47,54)(H,48,56)(H,49,52)(H,50,55)(H,58,59)/t33-,34-,35-,37-,38-/m0/s1. The summed E-state index contributed by atoms with van der Waals surface area (Å²) in [6.45, 7) is 2.33. The maximum absolute atomic E-state index is 14.4. The second-order valence-corrected chi connectivity index (χ2v) is 15.1. The number of nitrogens with one attached hydrogen (secondary N) is 6. The molecule has 0 unspecified atom stereocenters. The quantitative estimate of drug-likeness (QED) is 0.124. The smallest absolute Gasteiger partial charge is 0.330 e. The maximum atomic E-state index is 14.4. The Balaban J connectivity index is 1.38. The van der Waals surface area contributed by atoms with Crippen molar-refractivity contribution in [3.63, 3.8) is 0 Å². The van der Waals surface area contributed by atoms with Crippen molar-refractivity contribution >= 4 is 47.2 Å². The van der Waals surface area contributed by atoms with Crippen LogP contribution in [0.15, 0.2) is 78.9 Å². The lowest BCUT2D eigenvalue weighted by molar-refractivity contribution is -0.142. The average Bonchev–Trinajstić information content (AvgIpc) is 3.23. The van der Waals surface area contributed by atoms with Crippen LogP contribution in [0.5, 0.6) is 11.5 Å². The summed E-state index contributed by atoms with van der Waals surface area (Å²) in [4.78, 5) is 106. The van der Waals surface area contributed by atoms with Crippen molar-refractivity contribution in [2.24, 2.45) is 5.92 Å². The normalized spacial score (nSPS) is 19.5. The minimum atomic E-state index is -1.40. The largest absolute Gasteiger partial charge is 0.479 e. The Hall–Kier alpha value is -6.58. The van der Waals surface area contributed by atoms with Gasteiger partial charge < -0.3 is 41.7 Å². The molecule has 2 aliphatic heterocycles. The number of carboxylic acids is 1. The van der Waals surface area contributed by atoms with Crippen LogP contribution >= 0.6 is 0 Å². The molecular formula is C44H52N6O10. The van der Waals surface area contributed by atoms with E-state index in [1.165, 1.54) is 19.1 Å². The highest BCUT2D eigenvalue weighted by atomic mass is 16.5. The summed E-state index contributed by atoms with van der Waals surface area (Å²) in [5.74, 6) is -6.16. The number of ketones is 1. The van der Waals surface area contributed by atoms with E-state index >= 15 is 0 Å². The van der Waals surface area contributed by atoms with Gasteiger partial charge in [0.05, 0.1) is 12.6 Å². The molecule has 318 valence electrons. The molecule has 4 bridgehead atoms. The third-order valence-electron chi connectivity index (χ3n) is 10.5. The van der Waals surface area contributed by atoms with Gasteiger partial charge in [-0.1, -0.05) is 87.2 Å². The first kappa shape index (κ1) is 44.5. The third-order valence-corrected chi connectivity index (χ3v) is 10.5. The first-order valence-corrected chi connectivity index (χ1v) is 20.2. The lowest BCUT2D eigenvalue weighted by Gasteiger charge is -2.32. The molecule has 60 heavy (non-hydrogen) atoms. The predicted octanol–water partition coefficient (Wildman–Crippen LogP) is 2.54. The molecule has 2 heterocycles. The highest BCUT2D eigenvalue weighted by molar-refractivity contribution is 6.38. The third kappa shape index (κ3) is 12.7. The van der Waals surface area contributed by atoms with Gasteiger partial charge in [0.15, 0.2) is 6.04 Å². The van der Waals surface area contributed by atoms with Gasteiger partial charge in [0.25, 0.3) is 5.91 Å². The van der Waals surface area contributed by atoms with Gasteiger partial charge in [-0.15, -0.1) is 0 Å². The molecule has 1 saturated carbocycles. The molecule has 7 N–H and O–H groups in total. The van der Waals surface area contributed by atoms with Crippen molar-refractivity contribution < 1.29 is 48.2 Å². The molecule has 1 fully saturated rings. The summed E-state index contributed by atoms with van der Waals surface area (Å²) >= 11 is 0. The fourth-order valence-corrected chi connectivity index (χ4v) is 7.46. The fraction of sp³-hybridized carbons (Fsp3) is 0.409. The summed E-state index contributed by atoms with van der Waals surface area (Å²) in [5.41, 5.74) is 1.64. The van der Waals surface area contributed by atoms with Gasteiger partial charge in [0.2, 0.25) is 35.3 Å². The number of Topliss-reactive ketones (excluding diaryl/α,β-unsaturated/α-hetero) is 1. The summed E-state index contributed by atoms with van der Waals surface area (Å²) in [7, 11) is 0. The fourth-order valence-electron chi connectivity index (χ4n) is 7.46. The predicted molar refractivity (Wildman–Crippen MR) is 218 cm³/mol. The lowest BCUT2D eigenvalue weighted by Crippen LogP contribution is -2.60. The molecule has 3 aromatic carbocycles. The van der Waals surface area contributed by atoms with Crippen molar-refractivity contribution in [3.05, 3.63) is 95.6 Å². The number of carbonyl (C=O) groups excluding carboxylic acids is 7. The van der Waals surface area contributed by atoms with E-state index in [4.69, 9.17) is 4.74 Å². The van der Waals surface area contributed by atoms with Crippen LogP contribution in [-0.2, 0) is 51.2 Å². The molecule has 0 radical (unpaired) electrons. The van der Waals surface area contributed by atoms with Crippen LogP contribution in [0.25, 0.3) is 0 Å². The van der Waals surface area contributed by atoms with E-state index in [0.717, 1.165) is 24.8 Å². The van der Waals surface area contributed by atoms with E-state index in [2.05, 4.69) is 31.9 Å². The van der Waals surface area contributed by atoms with Gasteiger partial charge in [-0.25, -0.2) is 4.79 Å². The zero-order chi connectivity index (χ0) is 43.2. The monoisotopic (exact) mass is 824 g/mol. The number of amides is 6. The minimum Gasteiger partial charge on any atom is -0.479 e. The number of fused-ring (bicyclic) bond motifs is 10. The van der Waals surface area contributed by atoms with Gasteiger partial charge in [0.1, 0.15) is 29.6 Å². The number of hydrogen-bond acceptors (Lipinski definition) is 9. The Bertz CT molecular complexity index is 2040. The molecule has 6 rings (SSSR count). The van der Waals surface area contributed by atoms with Crippen LogP contribution in [0.2, 0.25) is 0 Å². The topological polar surface area (TPSA) is 238 Å². The molecule has 5 atom stereocenters. The van der Waals surface area contributed by atoms with Crippen LogP contribution in [0.1, 0.15) is 81.5 Å². The van der Waals surface area contributed by atoms with Gasteiger partial charge in [-0.3, -0.25) is 33.6 Å². The summed E-state index contributed by atoms with van der Waals surface area (Å²) < 4.78 is 6.09. The number of carbonyl (C=O) groups is 8. The maximum Gasteiger partial charge on any atom is 0.330 e. The summed E-state index contributed by atoms with van der Waals surface area (Å²) in [6.07, 6.45) is 4.38. The molecule has 3 aromatic rings. The van der Waals surface area contributed by atoms with Crippen molar-refractivity contribution in [2.75, 3.05) is 6.54 Å². The summed E-state index contributed by atoms with van der Waals surface area (Å²) in [5, 5.41) is 25.2. The molecule has 0 spiro atoms. The Morgan fingerprint density at radius 2 is 1.52 bits per heavy atom. The van der Waals surface area contributed by atoms with Crippen LogP contribution in [0.3, 0.4) is 0 Å². The lowest BCUT2D eigenvalue weighted by atomic mass is 9.83. The first-order valence-electron chi connectivity index (χ1n) is 20.2. The Morgan fingerprint density at radius 1 is 0.800 bits per heavy atom. The van der Waals surface area contributed by atoms with Gasteiger partial charge in [0, 0.05) is 19.8 Å². The summed E-state index contributed by atoms with van der Waals surface area (Å²) in [6, 6.07) is 15.8.